The average molecular weight is 250 g/mol. The van der Waals surface area contributed by atoms with Crippen molar-refractivity contribution in [1.29, 1.82) is 5.26 Å². The van der Waals surface area contributed by atoms with Crippen LogP contribution in [0.15, 0.2) is 48.5 Å². The maximum Gasteiger partial charge on any atom is 0.258 e. The van der Waals surface area contributed by atoms with Gasteiger partial charge >= 0.3 is 0 Å². The van der Waals surface area contributed by atoms with Crippen molar-refractivity contribution >= 4 is 11.6 Å². The third-order valence-electron chi connectivity index (χ3n) is 2.96. The third-order valence-corrected chi connectivity index (χ3v) is 2.96. The topological polar surface area (TPSA) is 44.1 Å². The van der Waals surface area contributed by atoms with E-state index in [0.29, 0.717) is 16.8 Å². The highest BCUT2D eigenvalue weighted by atomic mass is 16.2. The monoisotopic (exact) mass is 250 g/mol. The minimum atomic E-state index is -0.119. The van der Waals surface area contributed by atoms with Gasteiger partial charge in [-0.2, -0.15) is 5.26 Å². The maximum atomic E-state index is 12.4. The second kappa shape index (κ2) is 5.36. The summed E-state index contributed by atoms with van der Waals surface area (Å²) in [5.41, 5.74) is 2.77. The Balaban J connectivity index is 2.37. The normalized spacial score (nSPS) is 9.74. The van der Waals surface area contributed by atoms with Crippen LogP contribution >= 0.6 is 0 Å². The van der Waals surface area contributed by atoms with Crippen molar-refractivity contribution in [1.82, 2.24) is 0 Å². The second-order valence-electron chi connectivity index (χ2n) is 4.36. The molecule has 2 rings (SSSR count). The number of nitrogens with zero attached hydrogens (tertiary/aromatic N) is 2. The summed E-state index contributed by atoms with van der Waals surface area (Å²) < 4.78 is 0. The number of carbonyl (C=O) groups excluding carboxylic acids is 1. The molecule has 0 saturated heterocycles. The van der Waals surface area contributed by atoms with Gasteiger partial charge in [-0.1, -0.05) is 29.8 Å². The quantitative estimate of drug-likeness (QED) is 0.821. The summed E-state index contributed by atoms with van der Waals surface area (Å²) in [6, 6.07) is 16.6. The lowest BCUT2D eigenvalue weighted by Crippen LogP contribution is -2.26. The standard InChI is InChI=1S/C16H14N2O/c1-12-6-5-8-13(10-12)16(19)18(2)15-9-4-3-7-14(15)11-17/h3-10H,1-2H3. The number of anilines is 1. The number of nitriles is 1. The highest BCUT2D eigenvalue weighted by Crippen LogP contribution is 2.20. The molecule has 3 heteroatoms. The molecule has 0 aliphatic carbocycles. The number of para-hydroxylation sites is 1. The fourth-order valence-corrected chi connectivity index (χ4v) is 1.94. The average Bonchev–Trinajstić information content (AvgIpc) is 2.45. The van der Waals surface area contributed by atoms with Crippen molar-refractivity contribution in [2.75, 3.05) is 11.9 Å². The van der Waals surface area contributed by atoms with Crippen LogP contribution in [0.4, 0.5) is 5.69 Å². The number of aryl methyl sites for hydroxylation is 1. The number of rotatable bonds is 2. The van der Waals surface area contributed by atoms with Crippen molar-refractivity contribution in [2.24, 2.45) is 0 Å². The zero-order valence-corrected chi connectivity index (χ0v) is 10.9. The van der Waals surface area contributed by atoms with E-state index in [9.17, 15) is 4.79 Å². The summed E-state index contributed by atoms with van der Waals surface area (Å²) >= 11 is 0. The van der Waals surface area contributed by atoms with E-state index in [1.807, 2.05) is 31.2 Å². The van der Waals surface area contributed by atoms with Crippen LogP contribution in [-0.2, 0) is 0 Å². The molecule has 0 fully saturated rings. The maximum absolute atomic E-state index is 12.4. The molecular formula is C16H14N2O. The van der Waals surface area contributed by atoms with Crippen LogP contribution in [0.25, 0.3) is 0 Å². The van der Waals surface area contributed by atoms with Gasteiger partial charge in [-0.3, -0.25) is 4.79 Å². The van der Waals surface area contributed by atoms with Gasteiger partial charge in [0.15, 0.2) is 0 Å². The van der Waals surface area contributed by atoms with E-state index >= 15 is 0 Å². The molecule has 94 valence electrons. The number of amides is 1. The molecule has 0 spiro atoms. The van der Waals surface area contributed by atoms with Crippen molar-refractivity contribution in [2.45, 2.75) is 6.92 Å². The first kappa shape index (κ1) is 12.8. The van der Waals surface area contributed by atoms with Gasteiger partial charge in [-0.15, -0.1) is 0 Å². The zero-order valence-electron chi connectivity index (χ0n) is 10.9. The molecule has 1 amide bonds. The molecule has 2 aromatic rings. The molecule has 0 unspecified atom stereocenters. The Morgan fingerprint density at radius 3 is 2.58 bits per heavy atom. The smallest absolute Gasteiger partial charge is 0.258 e. The van der Waals surface area contributed by atoms with Gasteiger partial charge in [-0.25, -0.2) is 0 Å². The molecule has 0 bridgehead atoms. The van der Waals surface area contributed by atoms with Crippen molar-refractivity contribution < 1.29 is 4.79 Å². The molecule has 0 aromatic heterocycles. The summed E-state index contributed by atoms with van der Waals surface area (Å²) in [7, 11) is 1.68. The van der Waals surface area contributed by atoms with Gasteiger partial charge in [0.1, 0.15) is 6.07 Å². The summed E-state index contributed by atoms with van der Waals surface area (Å²) in [4.78, 5) is 13.9. The molecule has 0 atom stereocenters. The van der Waals surface area contributed by atoms with Crippen LogP contribution in [0.3, 0.4) is 0 Å². The highest BCUT2D eigenvalue weighted by Gasteiger charge is 2.15. The lowest BCUT2D eigenvalue weighted by molar-refractivity contribution is 0.0993. The SMILES string of the molecule is Cc1cccc(C(=O)N(C)c2ccccc2C#N)c1. The van der Waals surface area contributed by atoms with E-state index in [4.69, 9.17) is 5.26 Å². The zero-order chi connectivity index (χ0) is 13.8. The van der Waals surface area contributed by atoms with Crippen LogP contribution in [-0.4, -0.2) is 13.0 Å². The predicted molar refractivity (Wildman–Crippen MR) is 75.1 cm³/mol. The fraction of sp³-hybridized carbons (Fsp3) is 0.125. The number of carbonyl (C=O) groups is 1. The van der Waals surface area contributed by atoms with Crippen LogP contribution in [0.1, 0.15) is 21.5 Å². The van der Waals surface area contributed by atoms with E-state index in [2.05, 4.69) is 6.07 Å². The first-order valence-corrected chi connectivity index (χ1v) is 5.97. The summed E-state index contributed by atoms with van der Waals surface area (Å²) in [6.45, 7) is 1.94. The second-order valence-corrected chi connectivity index (χ2v) is 4.36. The highest BCUT2D eigenvalue weighted by molar-refractivity contribution is 6.06. The van der Waals surface area contributed by atoms with Crippen molar-refractivity contribution in [3.63, 3.8) is 0 Å². The summed E-state index contributed by atoms with van der Waals surface area (Å²) in [5, 5.41) is 9.08. The Morgan fingerprint density at radius 1 is 1.16 bits per heavy atom. The van der Waals surface area contributed by atoms with E-state index in [-0.39, 0.29) is 5.91 Å². The third kappa shape index (κ3) is 2.63. The van der Waals surface area contributed by atoms with Gasteiger partial charge in [0.2, 0.25) is 0 Å². The van der Waals surface area contributed by atoms with Crippen molar-refractivity contribution in [3.8, 4) is 6.07 Å². The Hall–Kier alpha value is -2.60. The lowest BCUT2D eigenvalue weighted by Gasteiger charge is -2.18. The fourth-order valence-electron chi connectivity index (χ4n) is 1.94. The van der Waals surface area contributed by atoms with E-state index in [1.54, 1.807) is 31.3 Å². The predicted octanol–water partition coefficient (Wildman–Crippen LogP) is 3.14. The Kier molecular flexibility index (Phi) is 3.63. The molecular weight excluding hydrogens is 236 g/mol. The van der Waals surface area contributed by atoms with E-state index in [0.717, 1.165) is 5.56 Å². The van der Waals surface area contributed by atoms with E-state index < -0.39 is 0 Å². The Morgan fingerprint density at radius 2 is 1.89 bits per heavy atom. The molecule has 2 aromatic carbocycles. The minimum Gasteiger partial charge on any atom is -0.310 e. The van der Waals surface area contributed by atoms with Gasteiger partial charge < -0.3 is 4.90 Å². The minimum absolute atomic E-state index is 0.119. The van der Waals surface area contributed by atoms with E-state index in [1.165, 1.54) is 4.90 Å². The molecule has 0 saturated carbocycles. The molecule has 19 heavy (non-hydrogen) atoms. The molecule has 0 heterocycles. The van der Waals surface area contributed by atoms with Gasteiger partial charge in [0, 0.05) is 12.6 Å². The number of benzene rings is 2. The Labute approximate surface area is 112 Å². The van der Waals surface area contributed by atoms with Crippen molar-refractivity contribution in [3.05, 3.63) is 65.2 Å². The van der Waals surface area contributed by atoms with Gasteiger partial charge in [-0.05, 0) is 31.2 Å². The first-order chi connectivity index (χ1) is 9.13. The molecule has 3 nitrogen and oxygen atoms in total. The summed E-state index contributed by atoms with van der Waals surface area (Å²) in [6.07, 6.45) is 0. The Bertz CT molecular complexity index is 656. The lowest BCUT2D eigenvalue weighted by atomic mass is 10.1. The molecule has 0 N–H and O–H groups in total. The molecule has 0 aliphatic rings. The summed E-state index contributed by atoms with van der Waals surface area (Å²) in [5.74, 6) is -0.119. The van der Waals surface area contributed by atoms with Crippen LogP contribution in [0, 0.1) is 18.3 Å². The number of hydrogen-bond acceptors (Lipinski definition) is 2. The number of hydrogen-bond donors (Lipinski definition) is 0. The molecule has 0 radical (unpaired) electrons. The molecule has 0 aliphatic heterocycles. The van der Waals surface area contributed by atoms with Gasteiger partial charge in [0.25, 0.3) is 5.91 Å². The largest absolute Gasteiger partial charge is 0.310 e. The van der Waals surface area contributed by atoms with Gasteiger partial charge in [0.05, 0.1) is 11.3 Å². The first-order valence-electron chi connectivity index (χ1n) is 5.97. The van der Waals surface area contributed by atoms with Crippen LogP contribution in [0.2, 0.25) is 0 Å². The van der Waals surface area contributed by atoms with Crippen LogP contribution in [0.5, 0.6) is 0 Å². The van der Waals surface area contributed by atoms with Crippen LogP contribution < -0.4 is 4.90 Å².